The Labute approximate surface area is 157 Å². The first-order chi connectivity index (χ1) is 12.4. The molecule has 0 aliphatic rings. The van der Waals surface area contributed by atoms with Gasteiger partial charge in [-0.3, -0.25) is 0 Å². The van der Waals surface area contributed by atoms with E-state index in [1.807, 2.05) is 19.2 Å². The number of sulfonamides is 1. The monoisotopic (exact) mass is 391 g/mol. The highest BCUT2D eigenvalue weighted by atomic mass is 35.5. The molecule has 0 aliphatic heterocycles. The van der Waals surface area contributed by atoms with Gasteiger partial charge in [0.05, 0.1) is 12.0 Å². The standard InChI is InChI=1S/C18H18ClN3O3S/c1-22-12-11-20-18(22)17(13-3-7-15(25-2)8-4-13)21-26(23,24)16-9-5-14(19)6-10-16/h3-12,17,21H,1-2H3. The summed E-state index contributed by atoms with van der Waals surface area (Å²) in [5.74, 6) is 1.26. The van der Waals surface area contributed by atoms with Gasteiger partial charge in [-0.25, -0.2) is 13.4 Å². The molecule has 0 amide bonds. The third kappa shape index (κ3) is 3.90. The second-order valence-electron chi connectivity index (χ2n) is 5.68. The lowest BCUT2D eigenvalue weighted by molar-refractivity contribution is 0.414. The molecule has 0 spiro atoms. The van der Waals surface area contributed by atoms with Gasteiger partial charge in [0.25, 0.3) is 0 Å². The van der Waals surface area contributed by atoms with E-state index in [2.05, 4.69) is 9.71 Å². The van der Waals surface area contributed by atoms with Crippen LogP contribution >= 0.6 is 11.6 Å². The highest BCUT2D eigenvalue weighted by Crippen LogP contribution is 2.25. The predicted molar refractivity (Wildman–Crippen MR) is 99.8 cm³/mol. The fourth-order valence-electron chi connectivity index (χ4n) is 2.56. The van der Waals surface area contributed by atoms with Crippen LogP contribution in [-0.2, 0) is 17.1 Å². The second kappa shape index (κ2) is 7.49. The van der Waals surface area contributed by atoms with Crippen LogP contribution in [0.3, 0.4) is 0 Å². The molecule has 3 rings (SSSR count). The van der Waals surface area contributed by atoms with E-state index < -0.39 is 16.1 Å². The second-order valence-corrected chi connectivity index (χ2v) is 7.83. The van der Waals surface area contributed by atoms with Crippen molar-refractivity contribution in [2.45, 2.75) is 10.9 Å². The number of benzene rings is 2. The van der Waals surface area contributed by atoms with Crippen molar-refractivity contribution >= 4 is 21.6 Å². The van der Waals surface area contributed by atoms with E-state index in [1.54, 1.807) is 48.3 Å². The first-order valence-electron chi connectivity index (χ1n) is 7.80. The number of imidazole rings is 1. The van der Waals surface area contributed by atoms with E-state index in [0.29, 0.717) is 16.6 Å². The summed E-state index contributed by atoms with van der Waals surface area (Å²) >= 11 is 5.85. The van der Waals surface area contributed by atoms with E-state index in [-0.39, 0.29) is 4.90 Å². The Morgan fingerprint density at radius 1 is 1.12 bits per heavy atom. The van der Waals surface area contributed by atoms with Crippen LogP contribution in [0, 0.1) is 0 Å². The summed E-state index contributed by atoms with van der Waals surface area (Å²) in [7, 11) is -0.383. The van der Waals surface area contributed by atoms with Gasteiger partial charge in [-0.1, -0.05) is 23.7 Å². The van der Waals surface area contributed by atoms with Crippen LogP contribution < -0.4 is 9.46 Å². The zero-order valence-corrected chi connectivity index (χ0v) is 15.8. The van der Waals surface area contributed by atoms with Gasteiger partial charge >= 0.3 is 0 Å². The van der Waals surface area contributed by atoms with Crippen molar-refractivity contribution in [2.24, 2.45) is 7.05 Å². The van der Waals surface area contributed by atoms with Gasteiger partial charge in [0, 0.05) is 24.5 Å². The Morgan fingerprint density at radius 3 is 2.31 bits per heavy atom. The molecule has 1 unspecified atom stereocenters. The minimum absolute atomic E-state index is 0.134. The Kier molecular flexibility index (Phi) is 5.31. The molecule has 1 heterocycles. The molecule has 2 aromatic carbocycles. The van der Waals surface area contributed by atoms with Crippen LogP contribution in [0.15, 0.2) is 65.8 Å². The first-order valence-corrected chi connectivity index (χ1v) is 9.66. The van der Waals surface area contributed by atoms with Crippen LogP contribution in [0.2, 0.25) is 5.02 Å². The van der Waals surface area contributed by atoms with E-state index >= 15 is 0 Å². The van der Waals surface area contributed by atoms with Gasteiger partial charge in [0.1, 0.15) is 17.6 Å². The number of methoxy groups -OCH3 is 1. The van der Waals surface area contributed by atoms with E-state index in [0.717, 1.165) is 5.56 Å². The molecule has 0 radical (unpaired) electrons. The molecule has 8 heteroatoms. The first kappa shape index (κ1) is 18.4. The molecule has 136 valence electrons. The average molecular weight is 392 g/mol. The summed E-state index contributed by atoms with van der Waals surface area (Å²) in [6.07, 6.45) is 3.39. The van der Waals surface area contributed by atoms with E-state index in [4.69, 9.17) is 16.3 Å². The molecule has 0 saturated carbocycles. The van der Waals surface area contributed by atoms with Crippen LogP contribution in [0.1, 0.15) is 17.4 Å². The fourth-order valence-corrected chi connectivity index (χ4v) is 3.87. The summed E-state index contributed by atoms with van der Waals surface area (Å²) in [5, 5.41) is 0.472. The van der Waals surface area contributed by atoms with Gasteiger partial charge in [0.15, 0.2) is 0 Å². The van der Waals surface area contributed by atoms with Gasteiger partial charge in [-0.2, -0.15) is 4.72 Å². The minimum Gasteiger partial charge on any atom is -0.497 e. The third-order valence-electron chi connectivity index (χ3n) is 3.96. The summed E-state index contributed by atoms with van der Waals surface area (Å²) in [6, 6.07) is 12.5. The molecule has 1 N–H and O–H groups in total. The zero-order valence-electron chi connectivity index (χ0n) is 14.3. The van der Waals surface area contributed by atoms with Crippen molar-refractivity contribution in [3.05, 3.63) is 77.3 Å². The lowest BCUT2D eigenvalue weighted by atomic mass is 10.1. The van der Waals surface area contributed by atoms with Crippen LogP contribution in [-0.4, -0.2) is 25.1 Å². The molecule has 0 fully saturated rings. The zero-order chi connectivity index (χ0) is 18.7. The smallest absolute Gasteiger partial charge is 0.241 e. The third-order valence-corrected chi connectivity index (χ3v) is 5.65. The van der Waals surface area contributed by atoms with Crippen LogP contribution in [0.25, 0.3) is 0 Å². The molecule has 0 aliphatic carbocycles. The van der Waals surface area contributed by atoms with Crippen LogP contribution in [0.5, 0.6) is 5.75 Å². The highest BCUT2D eigenvalue weighted by Gasteiger charge is 2.25. The highest BCUT2D eigenvalue weighted by molar-refractivity contribution is 7.89. The predicted octanol–water partition coefficient (Wildman–Crippen LogP) is 3.15. The van der Waals surface area contributed by atoms with Crippen molar-refractivity contribution in [1.29, 1.82) is 0 Å². The summed E-state index contributed by atoms with van der Waals surface area (Å²) in [6.45, 7) is 0. The van der Waals surface area contributed by atoms with Gasteiger partial charge < -0.3 is 9.30 Å². The average Bonchev–Trinajstić information content (AvgIpc) is 3.06. The van der Waals surface area contributed by atoms with E-state index in [1.165, 1.54) is 12.1 Å². The lowest BCUT2D eigenvalue weighted by Crippen LogP contribution is -2.31. The van der Waals surface area contributed by atoms with Gasteiger partial charge in [0.2, 0.25) is 10.0 Å². The molecular weight excluding hydrogens is 374 g/mol. The Hall–Kier alpha value is -2.35. The van der Waals surface area contributed by atoms with Crippen molar-refractivity contribution in [3.8, 4) is 5.75 Å². The molecule has 3 aromatic rings. The topological polar surface area (TPSA) is 73.2 Å². The molecule has 6 nitrogen and oxygen atoms in total. The van der Waals surface area contributed by atoms with Crippen molar-refractivity contribution < 1.29 is 13.2 Å². The number of halogens is 1. The SMILES string of the molecule is COc1ccc(C(NS(=O)(=O)c2ccc(Cl)cc2)c2nccn2C)cc1. The van der Waals surface area contributed by atoms with Crippen molar-refractivity contribution in [3.63, 3.8) is 0 Å². The molecular formula is C18H18ClN3O3S. The summed E-state index contributed by atoms with van der Waals surface area (Å²) in [5.41, 5.74) is 0.748. The lowest BCUT2D eigenvalue weighted by Gasteiger charge is -2.19. The quantitative estimate of drug-likeness (QED) is 0.700. The number of aryl methyl sites for hydroxylation is 1. The fraction of sp³-hybridized carbons (Fsp3) is 0.167. The maximum atomic E-state index is 12.8. The Balaban J connectivity index is 2.00. The van der Waals surface area contributed by atoms with Gasteiger partial charge in [-0.05, 0) is 42.0 Å². The van der Waals surface area contributed by atoms with Crippen LogP contribution in [0.4, 0.5) is 0 Å². The van der Waals surface area contributed by atoms with Crippen molar-refractivity contribution in [2.75, 3.05) is 7.11 Å². The number of rotatable bonds is 6. The Morgan fingerprint density at radius 2 is 1.77 bits per heavy atom. The van der Waals surface area contributed by atoms with E-state index in [9.17, 15) is 8.42 Å². The largest absolute Gasteiger partial charge is 0.497 e. The molecule has 26 heavy (non-hydrogen) atoms. The normalized spacial score (nSPS) is 12.7. The number of hydrogen-bond acceptors (Lipinski definition) is 4. The summed E-state index contributed by atoms with van der Waals surface area (Å²) < 4.78 is 35.4. The number of nitrogens with zero attached hydrogens (tertiary/aromatic N) is 2. The number of aromatic nitrogens is 2. The number of nitrogens with one attached hydrogen (secondary N) is 1. The maximum absolute atomic E-state index is 12.8. The Bertz CT molecular complexity index is 983. The maximum Gasteiger partial charge on any atom is 0.241 e. The molecule has 1 atom stereocenters. The molecule has 1 aromatic heterocycles. The minimum atomic E-state index is -3.78. The van der Waals surface area contributed by atoms with Crippen molar-refractivity contribution in [1.82, 2.24) is 14.3 Å². The van der Waals surface area contributed by atoms with Gasteiger partial charge in [-0.15, -0.1) is 0 Å². The molecule has 0 saturated heterocycles. The molecule has 0 bridgehead atoms. The summed E-state index contributed by atoms with van der Waals surface area (Å²) in [4.78, 5) is 4.44. The number of ether oxygens (including phenoxy) is 1. The number of hydrogen-bond donors (Lipinski definition) is 1.